The highest BCUT2D eigenvalue weighted by Crippen LogP contribution is 2.17. The summed E-state index contributed by atoms with van der Waals surface area (Å²) in [5, 5.41) is 0. The van der Waals surface area contributed by atoms with Crippen molar-refractivity contribution in [3.05, 3.63) is 29.6 Å². The average molecular weight is 210 g/mol. The number of anilines is 1. The molecule has 5 heteroatoms. The standard InChI is InChI=1S/C10H11FN2O2/c11-8-2-1-7(9(12)5-8)6-13-3-4-15-10(13)14/h1-2,5H,3-4,6,12H2. The number of carbonyl (C=O) groups is 1. The molecule has 1 aliphatic rings. The molecule has 2 rings (SSSR count). The number of carbonyl (C=O) groups excluding carboxylic acids is 1. The van der Waals surface area contributed by atoms with Crippen molar-refractivity contribution >= 4 is 11.8 Å². The largest absolute Gasteiger partial charge is 0.448 e. The molecule has 0 spiro atoms. The van der Waals surface area contributed by atoms with Crippen molar-refractivity contribution in [2.75, 3.05) is 18.9 Å². The summed E-state index contributed by atoms with van der Waals surface area (Å²) >= 11 is 0. The molecule has 15 heavy (non-hydrogen) atoms. The van der Waals surface area contributed by atoms with Crippen LogP contribution in [0.2, 0.25) is 0 Å². The lowest BCUT2D eigenvalue weighted by Crippen LogP contribution is -2.24. The normalized spacial score (nSPS) is 15.5. The van der Waals surface area contributed by atoms with Crippen molar-refractivity contribution in [3.8, 4) is 0 Å². The lowest BCUT2D eigenvalue weighted by molar-refractivity contribution is 0.157. The Hall–Kier alpha value is -1.78. The van der Waals surface area contributed by atoms with Crippen LogP contribution in [0.1, 0.15) is 5.56 Å². The molecule has 4 nitrogen and oxygen atoms in total. The maximum Gasteiger partial charge on any atom is 0.410 e. The number of ether oxygens (including phenoxy) is 1. The van der Waals surface area contributed by atoms with Gasteiger partial charge in [-0.15, -0.1) is 0 Å². The number of amides is 1. The van der Waals surface area contributed by atoms with Crippen LogP contribution in [0.15, 0.2) is 18.2 Å². The SMILES string of the molecule is Nc1cc(F)ccc1CN1CCOC1=O. The van der Waals surface area contributed by atoms with Crippen molar-refractivity contribution in [1.29, 1.82) is 0 Å². The summed E-state index contributed by atoms with van der Waals surface area (Å²) in [6, 6.07) is 4.15. The molecule has 1 amide bonds. The Kier molecular flexibility index (Phi) is 2.45. The van der Waals surface area contributed by atoms with Crippen molar-refractivity contribution < 1.29 is 13.9 Å². The molecule has 1 heterocycles. The van der Waals surface area contributed by atoms with Gasteiger partial charge in [0.05, 0.1) is 13.1 Å². The number of nitrogens with zero attached hydrogens (tertiary/aromatic N) is 1. The molecule has 0 aliphatic carbocycles. The van der Waals surface area contributed by atoms with Crippen molar-refractivity contribution in [2.45, 2.75) is 6.54 Å². The maximum absolute atomic E-state index is 12.8. The average Bonchev–Trinajstić information content (AvgIpc) is 2.57. The van der Waals surface area contributed by atoms with Gasteiger partial charge in [-0.1, -0.05) is 6.07 Å². The molecule has 0 aromatic heterocycles. The first kappa shape index (κ1) is 9.76. The highest BCUT2D eigenvalue weighted by molar-refractivity contribution is 5.69. The molecule has 0 saturated carbocycles. The van der Waals surface area contributed by atoms with Crippen molar-refractivity contribution in [3.63, 3.8) is 0 Å². The number of halogens is 1. The summed E-state index contributed by atoms with van der Waals surface area (Å²) in [4.78, 5) is 12.7. The molecule has 1 aromatic rings. The smallest absolute Gasteiger partial charge is 0.410 e. The van der Waals surface area contributed by atoms with E-state index < -0.39 is 0 Å². The van der Waals surface area contributed by atoms with Gasteiger partial charge in [-0.25, -0.2) is 9.18 Å². The first-order valence-electron chi connectivity index (χ1n) is 4.62. The molecule has 0 atom stereocenters. The molecule has 80 valence electrons. The second-order valence-corrected chi connectivity index (χ2v) is 3.38. The summed E-state index contributed by atoms with van der Waals surface area (Å²) in [7, 11) is 0. The van der Waals surface area contributed by atoms with Crippen LogP contribution in [0.3, 0.4) is 0 Å². The predicted molar refractivity (Wildman–Crippen MR) is 52.6 cm³/mol. The fourth-order valence-electron chi connectivity index (χ4n) is 1.48. The number of cyclic esters (lactones) is 1. The predicted octanol–water partition coefficient (Wildman–Crippen LogP) is 1.36. The van der Waals surface area contributed by atoms with E-state index in [0.717, 1.165) is 5.56 Å². The Morgan fingerprint density at radius 2 is 2.33 bits per heavy atom. The van der Waals surface area contributed by atoms with Crippen LogP contribution in [-0.4, -0.2) is 24.1 Å². The fourth-order valence-corrected chi connectivity index (χ4v) is 1.48. The van der Waals surface area contributed by atoms with Gasteiger partial charge in [0.15, 0.2) is 0 Å². The highest BCUT2D eigenvalue weighted by atomic mass is 19.1. The number of hydrogen-bond donors (Lipinski definition) is 1. The molecular formula is C10H11FN2O2. The minimum absolute atomic E-state index is 0.348. The van der Waals surface area contributed by atoms with Crippen LogP contribution in [0.5, 0.6) is 0 Å². The Morgan fingerprint density at radius 1 is 1.53 bits per heavy atom. The van der Waals surface area contributed by atoms with E-state index in [1.165, 1.54) is 17.0 Å². The van der Waals surface area contributed by atoms with Gasteiger partial charge in [0, 0.05) is 5.69 Å². The first-order valence-corrected chi connectivity index (χ1v) is 4.62. The second kappa shape index (κ2) is 3.76. The Bertz CT molecular complexity index is 395. The Balaban J connectivity index is 2.13. The van der Waals surface area contributed by atoms with Gasteiger partial charge in [-0.05, 0) is 17.7 Å². The number of rotatable bonds is 2. The van der Waals surface area contributed by atoms with E-state index in [4.69, 9.17) is 10.5 Å². The lowest BCUT2D eigenvalue weighted by Gasteiger charge is -2.13. The summed E-state index contributed by atoms with van der Waals surface area (Å²) < 4.78 is 17.5. The Labute approximate surface area is 86.4 Å². The van der Waals surface area contributed by atoms with E-state index in [9.17, 15) is 9.18 Å². The van der Waals surface area contributed by atoms with Gasteiger partial charge in [-0.3, -0.25) is 0 Å². The summed E-state index contributed by atoms with van der Waals surface area (Å²) in [5.74, 6) is -0.375. The minimum Gasteiger partial charge on any atom is -0.448 e. The van der Waals surface area contributed by atoms with Crippen LogP contribution < -0.4 is 5.73 Å². The zero-order chi connectivity index (χ0) is 10.8. The maximum atomic E-state index is 12.8. The van der Waals surface area contributed by atoms with E-state index in [0.29, 0.717) is 25.4 Å². The molecule has 1 saturated heterocycles. The number of benzene rings is 1. The van der Waals surface area contributed by atoms with Gasteiger partial charge in [0.1, 0.15) is 12.4 Å². The van der Waals surface area contributed by atoms with Crippen molar-refractivity contribution in [2.24, 2.45) is 0 Å². The van der Waals surface area contributed by atoms with E-state index in [-0.39, 0.29) is 11.9 Å². The molecule has 0 radical (unpaired) electrons. The molecule has 0 bridgehead atoms. The first-order chi connectivity index (χ1) is 7.16. The summed E-state index contributed by atoms with van der Waals surface area (Å²) in [6.07, 6.45) is -0.348. The molecule has 2 N–H and O–H groups in total. The quantitative estimate of drug-likeness (QED) is 0.750. The van der Waals surface area contributed by atoms with Gasteiger partial charge >= 0.3 is 6.09 Å². The molecular weight excluding hydrogens is 199 g/mol. The van der Waals surface area contributed by atoms with Gasteiger partial charge in [0.2, 0.25) is 0 Å². The number of nitrogen functional groups attached to an aromatic ring is 1. The number of nitrogens with two attached hydrogens (primary N) is 1. The van der Waals surface area contributed by atoms with Crippen LogP contribution in [-0.2, 0) is 11.3 Å². The third kappa shape index (κ3) is 2.01. The zero-order valence-corrected chi connectivity index (χ0v) is 8.07. The van der Waals surface area contributed by atoms with E-state index in [2.05, 4.69) is 0 Å². The van der Waals surface area contributed by atoms with E-state index >= 15 is 0 Å². The topological polar surface area (TPSA) is 55.6 Å². The second-order valence-electron chi connectivity index (χ2n) is 3.38. The molecule has 0 unspecified atom stereocenters. The van der Waals surface area contributed by atoms with Gasteiger partial charge in [0.25, 0.3) is 0 Å². The zero-order valence-electron chi connectivity index (χ0n) is 8.07. The molecule has 1 fully saturated rings. The molecule has 1 aromatic carbocycles. The van der Waals surface area contributed by atoms with Crippen molar-refractivity contribution in [1.82, 2.24) is 4.90 Å². The third-order valence-corrected chi connectivity index (χ3v) is 2.31. The van der Waals surface area contributed by atoms with Crippen LogP contribution >= 0.6 is 0 Å². The van der Waals surface area contributed by atoms with E-state index in [1.54, 1.807) is 6.07 Å². The Morgan fingerprint density at radius 3 is 2.93 bits per heavy atom. The molecule has 1 aliphatic heterocycles. The minimum atomic E-state index is -0.375. The third-order valence-electron chi connectivity index (χ3n) is 2.31. The summed E-state index contributed by atoms with van der Waals surface area (Å²) in [6.45, 7) is 1.32. The monoisotopic (exact) mass is 210 g/mol. The lowest BCUT2D eigenvalue weighted by atomic mass is 10.1. The fraction of sp³-hybridized carbons (Fsp3) is 0.300. The van der Waals surface area contributed by atoms with Gasteiger partial charge < -0.3 is 15.4 Å². The van der Waals surface area contributed by atoms with Gasteiger partial charge in [-0.2, -0.15) is 0 Å². The van der Waals surface area contributed by atoms with Crippen LogP contribution in [0.4, 0.5) is 14.9 Å². The summed E-state index contributed by atoms with van der Waals surface area (Å²) in [5.41, 5.74) is 6.71. The van der Waals surface area contributed by atoms with Crippen LogP contribution in [0, 0.1) is 5.82 Å². The van der Waals surface area contributed by atoms with E-state index in [1.807, 2.05) is 0 Å². The highest BCUT2D eigenvalue weighted by Gasteiger charge is 2.22. The number of hydrogen-bond acceptors (Lipinski definition) is 3. The van der Waals surface area contributed by atoms with Crippen LogP contribution in [0.25, 0.3) is 0 Å².